The molecule has 0 spiro atoms. The molecule has 2 heterocycles. The highest BCUT2D eigenvalue weighted by Gasteiger charge is 2.29. The molecule has 0 aliphatic carbocycles. The van der Waals surface area contributed by atoms with E-state index < -0.39 is 10.0 Å². The molecular weight excluding hydrogens is 454 g/mol. The fourth-order valence-electron chi connectivity index (χ4n) is 4.44. The lowest BCUT2D eigenvalue weighted by molar-refractivity contribution is -0.132. The molecule has 1 amide bonds. The molecule has 1 aliphatic rings. The molecule has 9 heteroatoms. The van der Waals surface area contributed by atoms with Gasteiger partial charge in [-0.2, -0.15) is 4.31 Å². The number of carbonyl (C=O) groups is 2. The number of likely N-dealkylation sites (tertiary alicyclic amines) is 1. The van der Waals surface area contributed by atoms with E-state index in [1.807, 2.05) is 24.4 Å². The average Bonchev–Trinajstić information content (AvgIpc) is 3.27. The van der Waals surface area contributed by atoms with E-state index in [0.29, 0.717) is 24.6 Å². The van der Waals surface area contributed by atoms with Crippen LogP contribution in [0.3, 0.4) is 0 Å². The van der Waals surface area contributed by atoms with Crippen molar-refractivity contribution in [1.29, 1.82) is 0 Å². The van der Waals surface area contributed by atoms with Gasteiger partial charge in [-0.15, -0.1) is 0 Å². The van der Waals surface area contributed by atoms with Crippen LogP contribution in [0.1, 0.15) is 41.6 Å². The summed E-state index contributed by atoms with van der Waals surface area (Å²) in [7, 11) is -0.784. The number of rotatable bonds is 7. The van der Waals surface area contributed by atoms with Crippen molar-refractivity contribution in [3.8, 4) is 5.75 Å². The van der Waals surface area contributed by atoms with Gasteiger partial charge in [-0.05, 0) is 61.6 Å². The van der Waals surface area contributed by atoms with Gasteiger partial charge in [0.15, 0.2) is 5.78 Å². The second kappa shape index (κ2) is 9.60. The number of hydrogen-bond donors (Lipinski definition) is 1. The van der Waals surface area contributed by atoms with Crippen LogP contribution in [0.4, 0.5) is 0 Å². The molecule has 0 radical (unpaired) electrons. The molecule has 3 aromatic rings. The van der Waals surface area contributed by atoms with Crippen molar-refractivity contribution < 1.29 is 22.7 Å². The summed E-state index contributed by atoms with van der Waals surface area (Å²) in [5.74, 6) is 0.764. The average molecular weight is 484 g/mol. The first-order chi connectivity index (χ1) is 16.2. The number of aromatic amines is 1. The Morgan fingerprint density at radius 1 is 1.12 bits per heavy atom. The monoisotopic (exact) mass is 483 g/mol. The van der Waals surface area contributed by atoms with Gasteiger partial charge in [0.1, 0.15) is 5.75 Å². The number of hydrogen-bond acceptors (Lipinski definition) is 5. The summed E-state index contributed by atoms with van der Waals surface area (Å²) in [5, 5.41) is 1.13. The first-order valence-corrected chi connectivity index (χ1v) is 12.6. The summed E-state index contributed by atoms with van der Waals surface area (Å²) in [6.45, 7) is 2.33. The first kappa shape index (κ1) is 24.0. The van der Waals surface area contributed by atoms with Crippen molar-refractivity contribution in [2.45, 2.75) is 30.6 Å². The van der Waals surface area contributed by atoms with Crippen LogP contribution in [0, 0.1) is 0 Å². The fraction of sp³-hybridized carbons (Fsp3) is 0.360. The van der Waals surface area contributed by atoms with Gasteiger partial charge in [0, 0.05) is 42.8 Å². The van der Waals surface area contributed by atoms with Crippen molar-refractivity contribution in [2.24, 2.45) is 0 Å². The largest absolute Gasteiger partial charge is 0.497 e. The number of ketones is 1. The number of benzene rings is 2. The van der Waals surface area contributed by atoms with Crippen molar-refractivity contribution in [1.82, 2.24) is 14.2 Å². The lowest BCUT2D eigenvalue weighted by atomic mass is 9.89. The number of Topliss-reactive ketones (excluding diaryl/α,β-unsaturated/α-hetero) is 1. The number of piperidine rings is 1. The number of sulfonamides is 1. The number of fused-ring (bicyclic) bond motifs is 1. The van der Waals surface area contributed by atoms with Gasteiger partial charge in [-0.3, -0.25) is 9.59 Å². The van der Waals surface area contributed by atoms with Gasteiger partial charge >= 0.3 is 0 Å². The predicted molar refractivity (Wildman–Crippen MR) is 130 cm³/mol. The van der Waals surface area contributed by atoms with Crippen molar-refractivity contribution in [3.05, 3.63) is 59.8 Å². The normalized spacial score (nSPS) is 15.1. The second-order valence-corrected chi connectivity index (χ2v) is 10.7. The molecule has 0 bridgehead atoms. The van der Waals surface area contributed by atoms with E-state index in [0.717, 1.165) is 33.8 Å². The van der Waals surface area contributed by atoms with Gasteiger partial charge in [0.25, 0.3) is 0 Å². The molecule has 1 fully saturated rings. The molecule has 1 N–H and O–H groups in total. The number of carbonyl (C=O) groups excluding carboxylic acids is 2. The van der Waals surface area contributed by atoms with Crippen molar-refractivity contribution in [3.63, 3.8) is 0 Å². The molecule has 2 aromatic carbocycles. The van der Waals surface area contributed by atoms with Gasteiger partial charge < -0.3 is 14.6 Å². The number of nitrogens with zero attached hydrogens (tertiary/aromatic N) is 2. The van der Waals surface area contributed by atoms with Crippen LogP contribution in [0.2, 0.25) is 0 Å². The minimum atomic E-state index is -3.83. The molecule has 0 unspecified atom stereocenters. The molecule has 1 aliphatic heterocycles. The number of methoxy groups -OCH3 is 1. The zero-order chi connectivity index (χ0) is 24.5. The van der Waals surface area contributed by atoms with Crippen LogP contribution >= 0.6 is 0 Å². The van der Waals surface area contributed by atoms with E-state index in [2.05, 4.69) is 4.98 Å². The summed E-state index contributed by atoms with van der Waals surface area (Å²) < 4.78 is 32.2. The minimum Gasteiger partial charge on any atom is -0.497 e. The van der Waals surface area contributed by atoms with E-state index in [1.54, 1.807) is 12.0 Å². The molecule has 0 atom stereocenters. The summed E-state index contributed by atoms with van der Waals surface area (Å²) in [5.41, 5.74) is 2.71. The smallest absolute Gasteiger partial charge is 0.243 e. The highest BCUT2D eigenvalue weighted by atomic mass is 32.2. The number of ether oxygens (including phenoxy) is 1. The van der Waals surface area contributed by atoms with E-state index >= 15 is 0 Å². The predicted octanol–water partition coefficient (Wildman–Crippen LogP) is 3.41. The Morgan fingerprint density at radius 2 is 1.79 bits per heavy atom. The van der Waals surface area contributed by atoms with Crippen LogP contribution in [-0.2, 0) is 14.8 Å². The van der Waals surface area contributed by atoms with Crippen LogP contribution in [-0.4, -0.2) is 68.1 Å². The Hall–Kier alpha value is -3.17. The summed E-state index contributed by atoms with van der Waals surface area (Å²) in [4.78, 5) is 29.4. The number of likely N-dealkylation sites (N-methyl/N-ethyl adjacent to an activating group) is 1. The number of H-pyrrole nitrogens is 1. The van der Waals surface area contributed by atoms with E-state index in [-0.39, 0.29) is 23.1 Å². The van der Waals surface area contributed by atoms with Gasteiger partial charge in [0.05, 0.1) is 18.6 Å². The van der Waals surface area contributed by atoms with Crippen molar-refractivity contribution in [2.75, 3.05) is 33.8 Å². The zero-order valence-electron chi connectivity index (χ0n) is 19.6. The fourth-order valence-corrected chi connectivity index (χ4v) is 5.56. The SMILES string of the molecule is COc1ccc2[nH]cc(C3CCN(C(=O)CN(C)S(=O)(=O)c4ccc(C(C)=O)cc4)CC3)c2c1. The Morgan fingerprint density at radius 3 is 2.41 bits per heavy atom. The minimum absolute atomic E-state index is 0.0567. The van der Waals surface area contributed by atoms with Gasteiger partial charge in [-0.1, -0.05) is 12.1 Å². The molecule has 8 nitrogen and oxygen atoms in total. The van der Waals surface area contributed by atoms with E-state index in [1.165, 1.54) is 43.8 Å². The maximum Gasteiger partial charge on any atom is 0.243 e. The van der Waals surface area contributed by atoms with Gasteiger partial charge in [-0.25, -0.2) is 8.42 Å². The highest BCUT2D eigenvalue weighted by Crippen LogP contribution is 2.34. The third-order valence-electron chi connectivity index (χ3n) is 6.54. The second-order valence-electron chi connectivity index (χ2n) is 8.65. The maximum atomic E-state index is 12.9. The van der Waals surface area contributed by atoms with E-state index in [4.69, 9.17) is 4.74 Å². The van der Waals surface area contributed by atoms with Crippen LogP contribution in [0.5, 0.6) is 5.75 Å². The number of aromatic nitrogens is 1. The molecule has 1 aromatic heterocycles. The van der Waals surface area contributed by atoms with Crippen LogP contribution in [0.25, 0.3) is 10.9 Å². The Balaban J connectivity index is 1.38. The lowest BCUT2D eigenvalue weighted by Gasteiger charge is -2.33. The highest BCUT2D eigenvalue weighted by molar-refractivity contribution is 7.89. The Bertz CT molecular complexity index is 1310. The molecule has 0 saturated carbocycles. The van der Waals surface area contributed by atoms with Gasteiger partial charge in [0.2, 0.25) is 15.9 Å². The summed E-state index contributed by atoms with van der Waals surface area (Å²) in [6, 6.07) is 11.7. The standard InChI is InChI=1S/C25H29N3O5S/c1-17(29)18-4-7-21(8-5-18)34(31,32)27(2)16-25(30)28-12-10-19(11-13-28)23-15-26-24-9-6-20(33-3)14-22(23)24/h4-9,14-15,19,26H,10-13,16H2,1-3H3. The first-order valence-electron chi connectivity index (χ1n) is 11.2. The molecule has 180 valence electrons. The third-order valence-corrected chi connectivity index (χ3v) is 8.35. The molecule has 4 rings (SSSR count). The molecule has 34 heavy (non-hydrogen) atoms. The van der Waals surface area contributed by atoms with Crippen molar-refractivity contribution >= 4 is 32.6 Å². The Kier molecular flexibility index (Phi) is 6.77. The molecular formula is C25H29N3O5S. The van der Waals surface area contributed by atoms with Crippen LogP contribution < -0.4 is 4.74 Å². The topological polar surface area (TPSA) is 99.8 Å². The lowest BCUT2D eigenvalue weighted by Crippen LogP contribution is -2.44. The summed E-state index contributed by atoms with van der Waals surface area (Å²) >= 11 is 0. The third kappa shape index (κ3) is 4.71. The van der Waals surface area contributed by atoms with E-state index in [9.17, 15) is 18.0 Å². The number of amides is 1. The summed E-state index contributed by atoms with van der Waals surface area (Å²) in [6.07, 6.45) is 3.64. The quantitative estimate of drug-likeness (QED) is 0.519. The number of nitrogens with one attached hydrogen (secondary N) is 1. The van der Waals surface area contributed by atoms with Crippen LogP contribution in [0.15, 0.2) is 53.6 Å². The zero-order valence-corrected chi connectivity index (χ0v) is 20.4. The maximum absolute atomic E-state index is 12.9. The Labute approximate surface area is 199 Å². The molecule has 1 saturated heterocycles.